The molecule has 1 aliphatic rings. The number of benzene rings is 1. The molecule has 24 heavy (non-hydrogen) atoms. The standard InChI is InChI=1S/C19H25N3O2/c1-14(2)10-17-11-18(24-21-17)19(23)20-16-8-9-22(13-16)12-15-6-4-3-5-7-15/h3-7,11,14,16H,8-10,12-13H2,1-2H3,(H,20,23)/t16-/m0/s1. The van der Waals surface area contributed by atoms with Gasteiger partial charge in [0, 0.05) is 31.7 Å². The van der Waals surface area contributed by atoms with E-state index >= 15 is 0 Å². The van der Waals surface area contributed by atoms with Gasteiger partial charge in [-0.2, -0.15) is 0 Å². The second kappa shape index (κ2) is 7.62. The molecule has 0 spiro atoms. The molecule has 0 radical (unpaired) electrons. The number of aromatic nitrogens is 1. The smallest absolute Gasteiger partial charge is 0.290 e. The molecule has 3 rings (SSSR count). The fourth-order valence-corrected chi connectivity index (χ4v) is 3.13. The Labute approximate surface area is 143 Å². The van der Waals surface area contributed by atoms with Crippen molar-refractivity contribution in [1.29, 1.82) is 0 Å². The van der Waals surface area contributed by atoms with Gasteiger partial charge in [-0.05, 0) is 24.3 Å². The Morgan fingerprint density at radius 2 is 2.17 bits per heavy atom. The molecule has 5 heteroatoms. The van der Waals surface area contributed by atoms with E-state index in [4.69, 9.17) is 4.52 Å². The predicted molar refractivity (Wildman–Crippen MR) is 92.6 cm³/mol. The Morgan fingerprint density at radius 3 is 2.92 bits per heavy atom. The highest BCUT2D eigenvalue weighted by atomic mass is 16.5. The van der Waals surface area contributed by atoms with Crippen molar-refractivity contribution >= 4 is 5.91 Å². The zero-order chi connectivity index (χ0) is 16.9. The number of amides is 1. The molecule has 1 aliphatic heterocycles. The molecular formula is C19H25N3O2. The minimum absolute atomic E-state index is 0.163. The zero-order valence-corrected chi connectivity index (χ0v) is 14.4. The summed E-state index contributed by atoms with van der Waals surface area (Å²) < 4.78 is 5.18. The molecule has 128 valence electrons. The molecule has 2 aromatic rings. The van der Waals surface area contributed by atoms with Crippen molar-refractivity contribution in [3.63, 3.8) is 0 Å². The van der Waals surface area contributed by atoms with Gasteiger partial charge in [-0.15, -0.1) is 0 Å². The lowest BCUT2D eigenvalue weighted by atomic mass is 10.1. The maximum atomic E-state index is 12.3. The van der Waals surface area contributed by atoms with Crippen LogP contribution in [0.2, 0.25) is 0 Å². The summed E-state index contributed by atoms with van der Waals surface area (Å²) in [5, 5.41) is 7.04. The second-order valence-corrected chi connectivity index (χ2v) is 6.96. The average Bonchev–Trinajstić information content (AvgIpc) is 3.17. The fraction of sp³-hybridized carbons (Fsp3) is 0.474. The molecule has 0 saturated carbocycles. The number of hydrogen-bond donors (Lipinski definition) is 1. The van der Waals surface area contributed by atoms with E-state index in [0.29, 0.717) is 11.7 Å². The van der Waals surface area contributed by atoms with Crippen molar-refractivity contribution in [1.82, 2.24) is 15.4 Å². The molecule has 0 aliphatic carbocycles. The van der Waals surface area contributed by atoms with Crippen LogP contribution in [0.4, 0.5) is 0 Å². The molecule has 1 aromatic heterocycles. The summed E-state index contributed by atoms with van der Waals surface area (Å²) in [6.07, 6.45) is 1.79. The van der Waals surface area contributed by atoms with Crippen LogP contribution < -0.4 is 5.32 Å². The van der Waals surface area contributed by atoms with Gasteiger partial charge in [0.05, 0.1) is 5.69 Å². The number of likely N-dealkylation sites (tertiary alicyclic amines) is 1. The van der Waals surface area contributed by atoms with E-state index in [1.54, 1.807) is 6.07 Å². The highest BCUT2D eigenvalue weighted by Crippen LogP contribution is 2.15. The van der Waals surface area contributed by atoms with Crippen LogP contribution in [0.3, 0.4) is 0 Å². The molecule has 0 bridgehead atoms. The molecule has 0 unspecified atom stereocenters. The van der Waals surface area contributed by atoms with Crippen molar-refractivity contribution in [3.05, 3.63) is 53.4 Å². The maximum Gasteiger partial charge on any atom is 0.290 e. The molecule has 5 nitrogen and oxygen atoms in total. The maximum absolute atomic E-state index is 12.3. The zero-order valence-electron chi connectivity index (χ0n) is 14.4. The number of hydrogen-bond acceptors (Lipinski definition) is 4. The fourth-order valence-electron chi connectivity index (χ4n) is 3.13. The van der Waals surface area contributed by atoms with Gasteiger partial charge >= 0.3 is 0 Å². The Kier molecular flexibility index (Phi) is 5.30. The van der Waals surface area contributed by atoms with Crippen LogP contribution in [0.15, 0.2) is 40.9 Å². The summed E-state index contributed by atoms with van der Waals surface area (Å²) in [6, 6.07) is 12.3. The monoisotopic (exact) mass is 327 g/mol. The Hall–Kier alpha value is -2.14. The third-order valence-electron chi connectivity index (χ3n) is 4.26. The lowest BCUT2D eigenvalue weighted by Gasteiger charge is -2.16. The van der Waals surface area contributed by atoms with Crippen LogP contribution in [0.1, 0.15) is 42.1 Å². The lowest BCUT2D eigenvalue weighted by molar-refractivity contribution is 0.0900. The molecule has 1 amide bonds. The first kappa shape index (κ1) is 16.7. The summed E-state index contributed by atoms with van der Waals surface area (Å²) in [4.78, 5) is 14.7. The van der Waals surface area contributed by atoms with Gasteiger partial charge in [0.2, 0.25) is 5.76 Å². The minimum Gasteiger partial charge on any atom is -0.351 e. The van der Waals surface area contributed by atoms with E-state index < -0.39 is 0 Å². The first-order valence-electron chi connectivity index (χ1n) is 8.63. The van der Waals surface area contributed by atoms with E-state index in [2.05, 4.69) is 53.5 Å². The van der Waals surface area contributed by atoms with Gasteiger partial charge in [-0.1, -0.05) is 49.3 Å². The molecule has 1 N–H and O–H groups in total. The first-order chi connectivity index (χ1) is 11.6. The van der Waals surface area contributed by atoms with E-state index in [-0.39, 0.29) is 11.9 Å². The van der Waals surface area contributed by atoms with Crippen molar-refractivity contribution in [2.24, 2.45) is 5.92 Å². The van der Waals surface area contributed by atoms with Gasteiger partial charge in [0.25, 0.3) is 5.91 Å². The summed E-state index contributed by atoms with van der Waals surface area (Å²) in [5.74, 6) is 0.642. The van der Waals surface area contributed by atoms with Crippen LogP contribution in [0.5, 0.6) is 0 Å². The highest BCUT2D eigenvalue weighted by Gasteiger charge is 2.25. The second-order valence-electron chi connectivity index (χ2n) is 6.96. The Bertz CT molecular complexity index is 666. The van der Waals surface area contributed by atoms with Gasteiger partial charge in [-0.3, -0.25) is 9.69 Å². The number of rotatable bonds is 6. The molecule has 1 saturated heterocycles. The van der Waals surface area contributed by atoms with Crippen molar-refractivity contribution in [3.8, 4) is 0 Å². The third-order valence-corrected chi connectivity index (χ3v) is 4.26. The summed E-state index contributed by atoms with van der Waals surface area (Å²) in [6.45, 7) is 7.03. The van der Waals surface area contributed by atoms with E-state index in [0.717, 1.165) is 38.2 Å². The van der Waals surface area contributed by atoms with E-state index in [1.807, 2.05) is 6.07 Å². The van der Waals surface area contributed by atoms with Gasteiger partial charge in [0.1, 0.15) is 0 Å². The van der Waals surface area contributed by atoms with Gasteiger partial charge in [-0.25, -0.2) is 0 Å². The summed E-state index contributed by atoms with van der Waals surface area (Å²) in [5.41, 5.74) is 2.14. The number of nitrogens with zero attached hydrogens (tertiary/aromatic N) is 2. The largest absolute Gasteiger partial charge is 0.351 e. The molecule has 1 aromatic carbocycles. The van der Waals surface area contributed by atoms with Crippen LogP contribution >= 0.6 is 0 Å². The van der Waals surface area contributed by atoms with Crippen LogP contribution in [-0.4, -0.2) is 35.1 Å². The van der Waals surface area contributed by atoms with Gasteiger partial charge < -0.3 is 9.84 Å². The summed E-state index contributed by atoms with van der Waals surface area (Å²) in [7, 11) is 0. The quantitative estimate of drug-likeness (QED) is 0.886. The van der Waals surface area contributed by atoms with Crippen molar-refractivity contribution < 1.29 is 9.32 Å². The number of nitrogens with one attached hydrogen (secondary N) is 1. The van der Waals surface area contributed by atoms with E-state index in [1.165, 1.54) is 5.56 Å². The molecule has 2 heterocycles. The first-order valence-corrected chi connectivity index (χ1v) is 8.63. The Balaban J connectivity index is 1.50. The topological polar surface area (TPSA) is 58.4 Å². The van der Waals surface area contributed by atoms with Crippen LogP contribution in [0, 0.1) is 5.92 Å². The normalized spacial score (nSPS) is 18.2. The molecule has 1 atom stereocenters. The van der Waals surface area contributed by atoms with E-state index in [9.17, 15) is 4.79 Å². The predicted octanol–water partition coefficient (Wildman–Crippen LogP) is 2.88. The van der Waals surface area contributed by atoms with Gasteiger partial charge in [0.15, 0.2) is 0 Å². The van der Waals surface area contributed by atoms with Crippen molar-refractivity contribution in [2.45, 2.75) is 39.3 Å². The molecule has 1 fully saturated rings. The average molecular weight is 327 g/mol. The lowest BCUT2D eigenvalue weighted by Crippen LogP contribution is -2.36. The molecular weight excluding hydrogens is 302 g/mol. The highest BCUT2D eigenvalue weighted by molar-refractivity contribution is 5.91. The van der Waals surface area contributed by atoms with Crippen molar-refractivity contribution in [2.75, 3.05) is 13.1 Å². The third kappa shape index (κ3) is 4.45. The number of carbonyl (C=O) groups excluding carboxylic acids is 1. The van der Waals surface area contributed by atoms with Crippen LogP contribution in [-0.2, 0) is 13.0 Å². The number of carbonyl (C=O) groups is 1. The SMILES string of the molecule is CC(C)Cc1cc(C(=O)N[C@H]2CCN(Cc3ccccc3)C2)on1. The Morgan fingerprint density at radius 1 is 1.38 bits per heavy atom. The minimum atomic E-state index is -0.163. The van der Waals surface area contributed by atoms with Crippen LogP contribution in [0.25, 0.3) is 0 Å². The summed E-state index contributed by atoms with van der Waals surface area (Å²) >= 11 is 0.